The Kier molecular flexibility index (Phi) is 4.25. The van der Waals surface area contributed by atoms with Gasteiger partial charge in [-0.1, -0.05) is 24.3 Å². The Morgan fingerprint density at radius 3 is 2.50 bits per heavy atom. The van der Waals surface area contributed by atoms with Gasteiger partial charge in [0.25, 0.3) is 0 Å². The summed E-state index contributed by atoms with van der Waals surface area (Å²) in [5, 5.41) is 3.38. The van der Waals surface area contributed by atoms with Crippen molar-refractivity contribution in [2.75, 3.05) is 6.54 Å². The lowest BCUT2D eigenvalue weighted by Gasteiger charge is -2.18. The van der Waals surface area contributed by atoms with Crippen LogP contribution in [0.1, 0.15) is 30.4 Å². The molecule has 2 aliphatic heterocycles. The molecule has 0 saturated carbocycles. The molecule has 1 aromatic rings. The highest BCUT2D eigenvalue weighted by molar-refractivity contribution is 5.85. The van der Waals surface area contributed by atoms with Crippen LogP contribution in [-0.2, 0) is 17.9 Å². The Balaban J connectivity index is 0.00000120. The number of nitrogens with zero attached hydrogens (tertiary/aromatic N) is 1. The fourth-order valence-corrected chi connectivity index (χ4v) is 2.78. The number of benzene rings is 1. The zero-order valence-corrected chi connectivity index (χ0v) is 11.2. The summed E-state index contributed by atoms with van der Waals surface area (Å²) in [4.78, 5) is 14.1. The van der Waals surface area contributed by atoms with Crippen molar-refractivity contribution >= 4 is 18.3 Å². The monoisotopic (exact) mass is 266 g/mol. The lowest BCUT2D eigenvalue weighted by Crippen LogP contribution is -2.32. The molecule has 18 heavy (non-hydrogen) atoms. The van der Waals surface area contributed by atoms with Gasteiger partial charge in [0.2, 0.25) is 5.91 Å². The number of amides is 1. The van der Waals surface area contributed by atoms with Crippen molar-refractivity contribution < 1.29 is 4.79 Å². The summed E-state index contributed by atoms with van der Waals surface area (Å²) in [5.74, 6) is 0.292. The van der Waals surface area contributed by atoms with E-state index in [-0.39, 0.29) is 12.4 Å². The second kappa shape index (κ2) is 5.72. The number of fused-ring (bicyclic) bond motifs is 1. The molecule has 1 atom stereocenters. The molecule has 3 nitrogen and oxygen atoms in total. The summed E-state index contributed by atoms with van der Waals surface area (Å²) in [6.07, 6.45) is 3.01. The molecule has 0 radical (unpaired) electrons. The van der Waals surface area contributed by atoms with Crippen LogP contribution >= 0.6 is 12.4 Å². The average molecular weight is 267 g/mol. The van der Waals surface area contributed by atoms with Crippen molar-refractivity contribution in [2.24, 2.45) is 0 Å². The van der Waals surface area contributed by atoms with Gasteiger partial charge in [0, 0.05) is 25.6 Å². The van der Waals surface area contributed by atoms with E-state index < -0.39 is 0 Å². The van der Waals surface area contributed by atoms with Crippen LogP contribution < -0.4 is 5.32 Å². The van der Waals surface area contributed by atoms with E-state index in [1.807, 2.05) is 17.0 Å². The first-order chi connectivity index (χ1) is 8.33. The summed E-state index contributed by atoms with van der Waals surface area (Å²) in [6, 6.07) is 8.75. The highest BCUT2D eigenvalue weighted by Gasteiger charge is 2.25. The van der Waals surface area contributed by atoms with E-state index in [1.54, 1.807) is 0 Å². The van der Waals surface area contributed by atoms with Crippen LogP contribution in [0, 0.1) is 0 Å². The molecule has 1 aromatic carbocycles. The molecular formula is C14H19ClN2O. The van der Waals surface area contributed by atoms with Crippen LogP contribution in [0.15, 0.2) is 24.3 Å². The minimum atomic E-state index is 0. The third-order valence-electron chi connectivity index (χ3n) is 3.78. The third kappa shape index (κ3) is 2.68. The van der Waals surface area contributed by atoms with Gasteiger partial charge in [0.1, 0.15) is 0 Å². The van der Waals surface area contributed by atoms with E-state index in [2.05, 4.69) is 17.4 Å². The minimum absolute atomic E-state index is 0. The number of hydrogen-bond donors (Lipinski definition) is 1. The van der Waals surface area contributed by atoms with Gasteiger partial charge in [-0.3, -0.25) is 4.79 Å². The molecule has 4 heteroatoms. The largest absolute Gasteiger partial charge is 0.334 e. The van der Waals surface area contributed by atoms with Crippen molar-refractivity contribution in [3.63, 3.8) is 0 Å². The quantitative estimate of drug-likeness (QED) is 0.889. The lowest BCUT2D eigenvalue weighted by molar-refractivity contribution is -0.132. The summed E-state index contributed by atoms with van der Waals surface area (Å²) in [6.45, 7) is 2.65. The van der Waals surface area contributed by atoms with Gasteiger partial charge in [-0.2, -0.15) is 0 Å². The maximum atomic E-state index is 12.2. The van der Waals surface area contributed by atoms with E-state index in [9.17, 15) is 4.79 Å². The molecule has 1 unspecified atom stereocenters. The van der Waals surface area contributed by atoms with Crippen molar-refractivity contribution in [1.29, 1.82) is 0 Å². The van der Waals surface area contributed by atoms with Crippen LogP contribution in [0.3, 0.4) is 0 Å². The number of carbonyl (C=O) groups excluding carboxylic acids is 1. The Morgan fingerprint density at radius 2 is 1.94 bits per heavy atom. The van der Waals surface area contributed by atoms with Crippen LogP contribution in [0.25, 0.3) is 0 Å². The van der Waals surface area contributed by atoms with Gasteiger partial charge in [0.05, 0.1) is 0 Å². The molecule has 2 aliphatic rings. The van der Waals surface area contributed by atoms with Crippen molar-refractivity contribution in [3.8, 4) is 0 Å². The molecule has 98 valence electrons. The molecular weight excluding hydrogens is 248 g/mol. The topological polar surface area (TPSA) is 32.3 Å². The van der Waals surface area contributed by atoms with Gasteiger partial charge in [-0.25, -0.2) is 0 Å². The van der Waals surface area contributed by atoms with Gasteiger partial charge in [0.15, 0.2) is 0 Å². The Hall–Kier alpha value is -1.06. The molecule has 1 fully saturated rings. The molecule has 0 bridgehead atoms. The molecule has 0 aliphatic carbocycles. The first-order valence-corrected chi connectivity index (χ1v) is 6.41. The summed E-state index contributed by atoms with van der Waals surface area (Å²) in [7, 11) is 0. The summed E-state index contributed by atoms with van der Waals surface area (Å²) < 4.78 is 0. The maximum Gasteiger partial charge on any atom is 0.224 e. The van der Waals surface area contributed by atoms with Crippen molar-refractivity contribution in [1.82, 2.24) is 10.2 Å². The molecule has 1 saturated heterocycles. The van der Waals surface area contributed by atoms with Gasteiger partial charge >= 0.3 is 0 Å². The zero-order chi connectivity index (χ0) is 11.7. The van der Waals surface area contributed by atoms with E-state index in [1.165, 1.54) is 17.5 Å². The lowest BCUT2D eigenvalue weighted by atomic mass is 10.1. The van der Waals surface area contributed by atoms with E-state index in [4.69, 9.17) is 0 Å². The van der Waals surface area contributed by atoms with Crippen LogP contribution in [0.2, 0.25) is 0 Å². The highest BCUT2D eigenvalue weighted by Crippen LogP contribution is 2.23. The van der Waals surface area contributed by atoms with E-state index >= 15 is 0 Å². The van der Waals surface area contributed by atoms with Crippen molar-refractivity contribution in [3.05, 3.63) is 35.4 Å². The summed E-state index contributed by atoms with van der Waals surface area (Å²) >= 11 is 0. The molecule has 3 rings (SSSR count). The molecule has 0 spiro atoms. The normalized spacial score (nSPS) is 21.6. The SMILES string of the molecule is Cl.O=C(CC1CCCN1)N1Cc2ccccc2C1. The number of rotatable bonds is 2. The van der Waals surface area contributed by atoms with Gasteiger partial charge in [-0.15, -0.1) is 12.4 Å². The number of nitrogens with one attached hydrogen (secondary N) is 1. The molecule has 2 heterocycles. The predicted molar refractivity (Wildman–Crippen MR) is 73.6 cm³/mol. The maximum absolute atomic E-state index is 12.2. The van der Waals surface area contributed by atoms with E-state index in [0.717, 1.165) is 26.1 Å². The zero-order valence-electron chi connectivity index (χ0n) is 10.4. The van der Waals surface area contributed by atoms with Gasteiger partial charge in [-0.05, 0) is 30.5 Å². The smallest absolute Gasteiger partial charge is 0.224 e. The second-order valence-electron chi connectivity index (χ2n) is 5.02. The highest BCUT2D eigenvalue weighted by atomic mass is 35.5. The predicted octanol–water partition coefficient (Wildman–Crippen LogP) is 2.09. The summed E-state index contributed by atoms with van der Waals surface area (Å²) in [5.41, 5.74) is 2.61. The van der Waals surface area contributed by atoms with Crippen LogP contribution in [0.4, 0.5) is 0 Å². The first kappa shape index (κ1) is 13.4. The van der Waals surface area contributed by atoms with Crippen molar-refractivity contribution in [2.45, 2.75) is 38.4 Å². The first-order valence-electron chi connectivity index (χ1n) is 6.41. The number of carbonyl (C=O) groups is 1. The van der Waals surface area contributed by atoms with E-state index in [0.29, 0.717) is 18.4 Å². The minimum Gasteiger partial charge on any atom is -0.334 e. The fourth-order valence-electron chi connectivity index (χ4n) is 2.78. The third-order valence-corrected chi connectivity index (χ3v) is 3.78. The molecule has 1 N–H and O–H groups in total. The second-order valence-corrected chi connectivity index (χ2v) is 5.02. The van der Waals surface area contributed by atoms with Gasteiger partial charge < -0.3 is 10.2 Å². The standard InChI is InChI=1S/C14H18N2O.ClH/c17-14(8-13-6-3-7-15-13)16-9-11-4-1-2-5-12(11)10-16;/h1-2,4-5,13,15H,3,6-10H2;1H. The Bertz CT molecular complexity index is 405. The number of halogens is 1. The van der Waals surface area contributed by atoms with Crippen LogP contribution in [0.5, 0.6) is 0 Å². The number of hydrogen-bond acceptors (Lipinski definition) is 2. The Labute approximate surface area is 114 Å². The average Bonchev–Trinajstić information content (AvgIpc) is 2.96. The molecule has 1 amide bonds. The molecule has 0 aromatic heterocycles. The Morgan fingerprint density at radius 1 is 1.28 bits per heavy atom. The fraction of sp³-hybridized carbons (Fsp3) is 0.500. The van der Waals surface area contributed by atoms with Crippen LogP contribution in [-0.4, -0.2) is 23.4 Å².